The molecule has 0 heterocycles. The number of aryl methyl sites for hydroxylation is 3. The number of carbonyl (C=O) groups is 1. The number of nitro groups is 1. The Morgan fingerprint density at radius 2 is 1.76 bits per heavy atom. The Hall–Kier alpha value is -3.80. The summed E-state index contributed by atoms with van der Waals surface area (Å²) >= 11 is 0. The Balaban J connectivity index is 1.86. The van der Waals surface area contributed by atoms with Gasteiger partial charge in [0.25, 0.3) is 0 Å². The summed E-state index contributed by atoms with van der Waals surface area (Å²) < 4.78 is 5.27. The van der Waals surface area contributed by atoms with Crippen LogP contribution >= 0.6 is 0 Å². The topological polar surface area (TPSA) is 81.8 Å². The second-order valence-electron chi connectivity index (χ2n) is 6.79. The highest BCUT2D eigenvalue weighted by Crippen LogP contribution is 2.29. The molecular formula is C23H20N2O4. The molecule has 0 fully saturated rings. The highest BCUT2D eigenvalue weighted by molar-refractivity contribution is 5.92. The van der Waals surface area contributed by atoms with Crippen LogP contribution in [0.4, 0.5) is 11.4 Å². The number of benzene rings is 3. The van der Waals surface area contributed by atoms with Crippen molar-refractivity contribution in [2.75, 3.05) is 0 Å². The molecule has 3 rings (SSSR count). The van der Waals surface area contributed by atoms with Gasteiger partial charge in [0.1, 0.15) is 0 Å². The molecule has 0 aliphatic rings. The fraction of sp³-hybridized carbons (Fsp3) is 0.130. The average Bonchev–Trinajstić information content (AvgIpc) is 2.68. The van der Waals surface area contributed by atoms with Gasteiger partial charge in [0.2, 0.25) is 5.75 Å². The maximum Gasteiger partial charge on any atom is 0.343 e. The number of aliphatic imine (C=N–C) groups is 1. The maximum atomic E-state index is 12.3. The van der Waals surface area contributed by atoms with Crippen LogP contribution in [0.2, 0.25) is 0 Å². The van der Waals surface area contributed by atoms with Crippen molar-refractivity contribution in [2.45, 2.75) is 20.8 Å². The standard InChI is InChI=1S/C23H20N2O4/c1-15-5-4-6-19(12-15)23(26)29-22-10-8-18(13-21(22)25(27)28)14-24-20-9-7-16(2)11-17(20)3/h4-14H,1-3H3. The van der Waals surface area contributed by atoms with Crippen molar-refractivity contribution in [3.05, 3.63) is 98.6 Å². The normalized spacial score (nSPS) is 10.9. The Morgan fingerprint density at radius 3 is 2.45 bits per heavy atom. The minimum atomic E-state index is -0.645. The zero-order valence-electron chi connectivity index (χ0n) is 16.4. The van der Waals surface area contributed by atoms with Crippen LogP contribution in [0.15, 0.2) is 65.7 Å². The summed E-state index contributed by atoms with van der Waals surface area (Å²) in [6.45, 7) is 5.81. The van der Waals surface area contributed by atoms with Crippen molar-refractivity contribution in [3.63, 3.8) is 0 Å². The third-order valence-corrected chi connectivity index (χ3v) is 4.34. The molecule has 0 saturated carbocycles. The zero-order chi connectivity index (χ0) is 21.0. The van der Waals surface area contributed by atoms with Crippen molar-refractivity contribution in [3.8, 4) is 5.75 Å². The summed E-state index contributed by atoms with van der Waals surface area (Å²) in [5, 5.41) is 11.5. The Bertz CT molecular complexity index is 1120. The minimum absolute atomic E-state index is 0.106. The lowest BCUT2D eigenvalue weighted by atomic mass is 10.1. The van der Waals surface area contributed by atoms with Crippen LogP contribution < -0.4 is 4.74 Å². The monoisotopic (exact) mass is 388 g/mol. The average molecular weight is 388 g/mol. The van der Waals surface area contributed by atoms with Gasteiger partial charge in [-0.1, -0.05) is 35.4 Å². The number of rotatable bonds is 5. The predicted octanol–water partition coefficient (Wildman–Crippen LogP) is 5.49. The van der Waals surface area contributed by atoms with Gasteiger partial charge in [0.15, 0.2) is 0 Å². The third-order valence-electron chi connectivity index (χ3n) is 4.34. The van der Waals surface area contributed by atoms with E-state index in [9.17, 15) is 14.9 Å². The number of esters is 1. The van der Waals surface area contributed by atoms with Gasteiger partial charge in [0, 0.05) is 12.3 Å². The molecule has 29 heavy (non-hydrogen) atoms. The van der Waals surface area contributed by atoms with Crippen molar-refractivity contribution >= 4 is 23.6 Å². The van der Waals surface area contributed by atoms with Crippen LogP contribution in [-0.2, 0) is 0 Å². The van der Waals surface area contributed by atoms with Gasteiger partial charge in [-0.15, -0.1) is 0 Å². The number of nitro benzene ring substituents is 1. The molecule has 6 heteroatoms. The molecule has 0 aliphatic carbocycles. The van der Waals surface area contributed by atoms with Gasteiger partial charge in [-0.05, 0) is 62.2 Å². The molecule has 0 unspecified atom stereocenters. The van der Waals surface area contributed by atoms with Crippen molar-refractivity contribution < 1.29 is 14.5 Å². The molecule has 6 nitrogen and oxygen atoms in total. The molecule has 0 atom stereocenters. The first-order chi connectivity index (χ1) is 13.8. The Labute approximate surface area is 168 Å². The first-order valence-corrected chi connectivity index (χ1v) is 9.02. The molecule has 0 N–H and O–H groups in total. The fourth-order valence-corrected chi connectivity index (χ4v) is 2.87. The first kappa shape index (κ1) is 19.9. The van der Waals surface area contributed by atoms with E-state index in [0.29, 0.717) is 11.1 Å². The van der Waals surface area contributed by atoms with Gasteiger partial charge in [-0.2, -0.15) is 0 Å². The zero-order valence-corrected chi connectivity index (χ0v) is 16.4. The summed E-state index contributed by atoms with van der Waals surface area (Å²) in [6, 6.07) is 17.1. The van der Waals surface area contributed by atoms with E-state index < -0.39 is 10.9 Å². The number of nitrogens with zero attached hydrogens (tertiary/aromatic N) is 2. The third kappa shape index (κ3) is 4.93. The fourth-order valence-electron chi connectivity index (χ4n) is 2.87. The van der Waals surface area contributed by atoms with Crippen molar-refractivity contribution in [1.82, 2.24) is 0 Å². The maximum absolute atomic E-state index is 12.3. The molecule has 0 aliphatic heterocycles. The van der Waals surface area contributed by atoms with Crippen molar-refractivity contribution in [2.24, 2.45) is 4.99 Å². The van der Waals surface area contributed by atoms with Gasteiger partial charge in [-0.3, -0.25) is 15.1 Å². The number of ether oxygens (including phenoxy) is 1. The van der Waals surface area contributed by atoms with E-state index in [2.05, 4.69) is 4.99 Å². The highest BCUT2D eigenvalue weighted by Gasteiger charge is 2.19. The summed E-state index contributed by atoms with van der Waals surface area (Å²) in [6.07, 6.45) is 1.55. The predicted molar refractivity (Wildman–Crippen MR) is 112 cm³/mol. The second kappa shape index (κ2) is 8.48. The molecule has 0 amide bonds. The van der Waals surface area contributed by atoms with Gasteiger partial charge in [0.05, 0.1) is 16.2 Å². The van der Waals surface area contributed by atoms with Gasteiger partial charge in [-0.25, -0.2) is 4.79 Å². The highest BCUT2D eigenvalue weighted by atomic mass is 16.6. The summed E-state index contributed by atoms with van der Waals surface area (Å²) in [5.41, 5.74) is 4.40. The quantitative estimate of drug-likeness (QED) is 0.190. The van der Waals surface area contributed by atoms with E-state index in [1.807, 2.05) is 45.0 Å². The molecule has 3 aromatic rings. The van der Waals surface area contributed by atoms with Gasteiger partial charge >= 0.3 is 11.7 Å². The van der Waals surface area contributed by atoms with Crippen LogP contribution in [0.3, 0.4) is 0 Å². The van der Waals surface area contributed by atoms with E-state index in [-0.39, 0.29) is 11.4 Å². The van der Waals surface area contributed by atoms with Gasteiger partial charge < -0.3 is 4.74 Å². The lowest BCUT2D eigenvalue weighted by molar-refractivity contribution is -0.385. The van der Waals surface area contributed by atoms with Crippen LogP contribution in [0.25, 0.3) is 0 Å². The van der Waals surface area contributed by atoms with E-state index >= 15 is 0 Å². The van der Waals surface area contributed by atoms with Crippen molar-refractivity contribution in [1.29, 1.82) is 0 Å². The summed E-state index contributed by atoms with van der Waals surface area (Å²) in [5.74, 6) is -0.751. The van der Waals surface area contributed by atoms with E-state index in [1.165, 1.54) is 12.1 Å². The Kier molecular flexibility index (Phi) is 5.83. The summed E-state index contributed by atoms with van der Waals surface area (Å²) in [4.78, 5) is 27.6. The van der Waals surface area contributed by atoms with Crippen LogP contribution in [-0.4, -0.2) is 17.1 Å². The van der Waals surface area contributed by atoms with E-state index in [0.717, 1.165) is 22.4 Å². The SMILES string of the molecule is Cc1cccc(C(=O)Oc2ccc(C=Nc3ccc(C)cc3C)cc2[N+](=O)[O-])c1. The molecule has 0 spiro atoms. The summed E-state index contributed by atoms with van der Waals surface area (Å²) in [7, 11) is 0. The Morgan fingerprint density at radius 1 is 1.00 bits per heavy atom. The second-order valence-corrected chi connectivity index (χ2v) is 6.79. The van der Waals surface area contributed by atoms with E-state index in [1.54, 1.807) is 30.5 Å². The number of carbonyl (C=O) groups excluding carboxylic acids is 1. The molecular weight excluding hydrogens is 368 g/mol. The first-order valence-electron chi connectivity index (χ1n) is 9.02. The molecule has 0 saturated heterocycles. The van der Waals surface area contributed by atoms with Crippen LogP contribution in [0, 0.1) is 30.9 Å². The van der Waals surface area contributed by atoms with Crippen LogP contribution in [0.1, 0.15) is 32.6 Å². The largest absolute Gasteiger partial charge is 0.416 e. The lowest BCUT2D eigenvalue weighted by Crippen LogP contribution is -2.10. The molecule has 0 radical (unpaired) electrons. The lowest BCUT2D eigenvalue weighted by Gasteiger charge is -2.06. The molecule has 146 valence electrons. The number of hydrogen-bond acceptors (Lipinski definition) is 5. The van der Waals surface area contributed by atoms with E-state index in [4.69, 9.17) is 4.74 Å². The molecule has 0 bridgehead atoms. The molecule has 3 aromatic carbocycles. The number of hydrogen-bond donors (Lipinski definition) is 0. The minimum Gasteiger partial charge on any atom is -0.416 e. The molecule has 0 aromatic heterocycles. The van der Waals surface area contributed by atoms with Crippen LogP contribution in [0.5, 0.6) is 5.75 Å². The smallest absolute Gasteiger partial charge is 0.343 e.